The summed E-state index contributed by atoms with van der Waals surface area (Å²) in [5.41, 5.74) is 6.23. The molecule has 1 unspecified atom stereocenters. The molecular formula is C16H17Cl. The van der Waals surface area contributed by atoms with E-state index in [9.17, 15) is 0 Å². The minimum absolute atomic E-state index is 0.0585. The Morgan fingerprint density at radius 2 is 1.41 bits per heavy atom. The van der Waals surface area contributed by atoms with Crippen LogP contribution in [-0.4, -0.2) is 0 Å². The molecule has 0 aliphatic heterocycles. The molecule has 2 rings (SSSR count). The van der Waals surface area contributed by atoms with Crippen molar-refractivity contribution in [1.29, 1.82) is 0 Å². The SMILES string of the molecule is Cc1cc(C)c(C(Cl)c2ccccc2)c(C)c1. The van der Waals surface area contributed by atoms with E-state index in [0.29, 0.717) is 0 Å². The quantitative estimate of drug-likeness (QED) is 0.657. The maximum atomic E-state index is 6.59. The van der Waals surface area contributed by atoms with Crippen LogP contribution in [0, 0.1) is 20.8 Å². The van der Waals surface area contributed by atoms with Crippen LogP contribution in [0.25, 0.3) is 0 Å². The zero-order chi connectivity index (χ0) is 12.4. The second-order valence-corrected chi connectivity index (χ2v) is 5.02. The van der Waals surface area contributed by atoms with Gasteiger partial charge in [0, 0.05) is 0 Å². The monoisotopic (exact) mass is 244 g/mol. The Kier molecular flexibility index (Phi) is 3.54. The highest BCUT2D eigenvalue weighted by atomic mass is 35.5. The van der Waals surface area contributed by atoms with Gasteiger partial charge in [-0.1, -0.05) is 48.0 Å². The van der Waals surface area contributed by atoms with Crippen molar-refractivity contribution in [3.63, 3.8) is 0 Å². The number of rotatable bonds is 2. The van der Waals surface area contributed by atoms with Crippen LogP contribution in [0.4, 0.5) is 0 Å². The van der Waals surface area contributed by atoms with E-state index in [1.54, 1.807) is 0 Å². The maximum Gasteiger partial charge on any atom is 0.0840 e. The number of aryl methyl sites for hydroxylation is 3. The van der Waals surface area contributed by atoms with E-state index in [1.165, 1.54) is 22.3 Å². The molecule has 2 aromatic carbocycles. The van der Waals surface area contributed by atoms with Gasteiger partial charge in [-0.05, 0) is 43.0 Å². The topological polar surface area (TPSA) is 0 Å². The average Bonchev–Trinajstić information content (AvgIpc) is 2.28. The first-order valence-corrected chi connectivity index (χ1v) is 6.30. The highest BCUT2D eigenvalue weighted by Crippen LogP contribution is 2.33. The Hall–Kier alpha value is -1.27. The molecule has 0 aliphatic rings. The molecule has 0 N–H and O–H groups in total. The van der Waals surface area contributed by atoms with E-state index in [4.69, 9.17) is 11.6 Å². The van der Waals surface area contributed by atoms with Crippen molar-refractivity contribution in [3.8, 4) is 0 Å². The number of benzene rings is 2. The summed E-state index contributed by atoms with van der Waals surface area (Å²) in [4.78, 5) is 0. The van der Waals surface area contributed by atoms with E-state index in [-0.39, 0.29) is 5.38 Å². The lowest BCUT2D eigenvalue weighted by Gasteiger charge is -2.17. The molecule has 0 radical (unpaired) electrons. The van der Waals surface area contributed by atoms with E-state index in [2.05, 4.69) is 45.0 Å². The molecule has 2 aromatic rings. The van der Waals surface area contributed by atoms with Gasteiger partial charge in [-0.3, -0.25) is 0 Å². The van der Waals surface area contributed by atoms with Crippen LogP contribution in [0.2, 0.25) is 0 Å². The van der Waals surface area contributed by atoms with Crippen LogP contribution in [-0.2, 0) is 0 Å². The fourth-order valence-corrected chi connectivity index (χ4v) is 2.87. The molecule has 0 nitrogen and oxygen atoms in total. The second-order valence-electron chi connectivity index (χ2n) is 4.59. The Morgan fingerprint density at radius 3 is 1.94 bits per heavy atom. The highest BCUT2D eigenvalue weighted by molar-refractivity contribution is 6.22. The number of alkyl halides is 1. The molecule has 1 atom stereocenters. The number of hydrogen-bond donors (Lipinski definition) is 0. The summed E-state index contributed by atoms with van der Waals surface area (Å²) >= 11 is 6.59. The lowest BCUT2D eigenvalue weighted by atomic mass is 9.94. The first-order valence-electron chi connectivity index (χ1n) is 5.86. The predicted molar refractivity (Wildman–Crippen MR) is 74.8 cm³/mol. The van der Waals surface area contributed by atoms with Crippen LogP contribution in [0.5, 0.6) is 0 Å². The van der Waals surface area contributed by atoms with Crippen LogP contribution >= 0.6 is 11.6 Å². The largest absolute Gasteiger partial charge is 0.113 e. The fraction of sp³-hybridized carbons (Fsp3) is 0.250. The molecule has 0 spiro atoms. The van der Waals surface area contributed by atoms with Crippen molar-refractivity contribution in [3.05, 3.63) is 70.3 Å². The smallest absolute Gasteiger partial charge is 0.0840 e. The van der Waals surface area contributed by atoms with Crippen molar-refractivity contribution < 1.29 is 0 Å². The third-order valence-electron chi connectivity index (χ3n) is 3.08. The normalized spacial score (nSPS) is 12.5. The number of hydrogen-bond acceptors (Lipinski definition) is 0. The van der Waals surface area contributed by atoms with Gasteiger partial charge in [-0.2, -0.15) is 0 Å². The summed E-state index contributed by atoms with van der Waals surface area (Å²) in [6.45, 7) is 6.39. The van der Waals surface area contributed by atoms with E-state index >= 15 is 0 Å². The van der Waals surface area contributed by atoms with Crippen molar-refractivity contribution in [2.75, 3.05) is 0 Å². The van der Waals surface area contributed by atoms with Crippen LogP contribution in [0.3, 0.4) is 0 Å². The summed E-state index contributed by atoms with van der Waals surface area (Å²) in [5.74, 6) is 0. The van der Waals surface area contributed by atoms with Gasteiger partial charge in [-0.25, -0.2) is 0 Å². The zero-order valence-electron chi connectivity index (χ0n) is 10.5. The molecule has 0 saturated heterocycles. The standard InChI is InChI=1S/C16H17Cl/c1-11-9-12(2)15(13(3)10-11)16(17)14-7-5-4-6-8-14/h4-10,16H,1-3H3. The highest BCUT2D eigenvalue weighted by Gasteiger charge is 2.15. The van der Waals surface area contributed by atoms with Crippen molar-refractivity contribution in [2.24, 2.45) is 0 Å². The van der Waals surface area contributed by atoms with E-state index in [1.807, 2.05) is 18.2 Å². The maximum absolute atomic E-state index is 6.59. The lowest BCUT2D eigenvalue weighted by Crippen LogP contribution is -2.00. The van der Waals surface area contributed by atoms with Gasteiger partial charge in [0.05, 0.1) is 5.38 Å². The first-order chi connectivity index (χ1) is 8.09. The Bertz CT molecular complexity index is 491. The third kappa shape index (κ3) is 2.53. The molecule has 17 heavy (non-hydrogen) atoms. The molecule has 88 valence electrons. The first kappa shape index (κ1) is 12.2. The molecular weight excluding hydrogens is 228 g/mol. The summed E-state index contributed by atoms with van der Waals surface area (Å²) < 4.78 is 0. The molecule has 0 heterocycles. The Labute approximate surface area is 108 Å². The van der Waals surface area contributed by atoms with Crippen LogP contribution < -0.4 is 0 Å². The van der Waals surface area contributed by atoms with Gasteiger partial charge < -0.3 is 0 Å². The number of halogens is 1. The second kappa shape index (κ2) is 4.93. The van der Waals surface area contributed by atoms with E-state index in [0.717, 1.165) is 5.56 Å². The molecule has 0 aliphatic carbocycles. The van der Waals surface area contributed by atoms with Crippen LogP contribution in [0.15, 0.2) is 42.5 Å². The lowest BCUT2D eigenvalue weighted by molar-refractivity contribution is 1.07. The molecule has 0 fully saturated rings. The average molecular weight is 245 g/mol. The van der Waals surface area contributed by atoms with Crippen molar-refractivity contribution in [1.82, 2.24) is 0 Å². The van der Waals surface area contributed by atoms with Gasteiger partial charge in [0.25, 0.3) is 0 Å². The fourth-order valence-electron chi connectivity index (χ4n) is 2.38. The van der Waals surface area contributed by atoms with Gasteiger partial charge >= 0.3 is 0 Å². The summed E-state index contributed by atoms with van der Waals surface area (Å²) in [6, 6.07) is 14.6. The van der Waals surface area contributed by atoms with Crippen molar-refractivity contribution >= 4 is 11.6 Å². The van der Waals surface area contributed by atoms with Crippen LogP contribution in [0.1, 0.15) is 33.2 Å². The summed E-state index contributed by atoms with van der Waals surface area (Å²) in [6.07, 6.45) is 0. The Balaban J connectivity index is 2.48. The minimum Gasteiger partial charge on any atom is -0.113 e. The van der Waals surface area contributed by atoms with E-state index < -0.39 is 0 Å². The Morgan fingerprint density at radius 1 is 0.882 bits per heavy atom. The van der Waals surface area contributed by atoms with Gasteiger partial charge in [-0.15, -0.1) is 11.6 Å². The molecule has 0 amide bonds. The molecule has 0 bridgehead atoms. The molecule has 1 heteroatoms. The van der Waals surface area contributed by atoms with Gasteiger partial charge in [0.2, 0.25) is 0 Å². The minimum atomic E-state index is -0.0585. The van der Waals surface area contributed by atoms with Crippen molar-refractivity contribution in [2.45, 2.75) is 26.1 Å². The third-order valence-corrected chi connectivity index (χ3v) is 3.55. The predicted octanol–water partition coefficient (Wildman–Crippen LogP) is 4.94. The van der Waals surface area contributed by atoms with Gasteiger partial charge in [0.1, 0.15) is 0 Å². The zero-order valence-corrected chi connectivity index (χ0v) is 11.3. The molecule has 0 saturated carbocycles. The summed E-state index contributed by atoms with van der Waals surface area (Å²) in [5, 5.41) is -0.0585. The molecule has 0 aromatic heterocycles. The van der Waals surface area contributed by atoms with Gasteiger partial charge in [0.15, 0.2) is 0 Å². The summed E-state index contributed by atoms with van der Waals surface area (Å²) in [7, 11) is 0.